The van der Waals surface area contributed by atoms with E-state index in [9.17, 15) is 4.39 Å². The van der Waals surface area contributed by atoms with E-state index in [0.717, 1.165) is 0 Å². The van der Waals surface area contributed by atoms with Crippen molar-refractivity contribution in [3.63, 3.8) is 0 Å². The minimum Gasteiger partial charge on any atom is -0.367 e. The molecular weight excluding hydrogens is 219 g/mol. The molecular formula is C9H8ClFN4. The lowest BCUT2D eigenvalue weighted by Crippen LogP contribution is -2.03. The number of anilines is 1. The Morgan fingerprint density at radius 1 is 1.47 bits per heavy atom. The zero-order chi connectivity index (χ0) is 10.8. The summed E-state index contributed by atoms with van der Waals surface area (Å²) in [5, 5.41) is 4.34. The van der Waals surface area contributed by atoms with E-state index < -0.39 is 0 Å². The molecule has 0 aliphatic heterocycles. The molecule has 0 atom stereocenters. The van der Waals surface area contributed by atoms with Crippen LogP contribution in [0.2, 0.25) is 5.02 Å². The first kappa shape index (κ1) is 9.92. The van der Waals surface area contributed by atoms with Gasteiger partial charge in [-0.25, -0.2) is 14.1 Å². The van der Waals surface area contributed by atoms with Gasteiger partial charge in [0.2, 0.25) is 5.95 Å². The maximum atomic E-state index is 13.3. The van der Waals surface area contributed by atoms with Crippen molar-refractivity contribution in [1.29, 1.82) is 0 Å². The van der Waals surface area contributed by atoms with E-state index in [1.165, 1.54) is 23.1 Å². The van der Waals surface area contributed by atoms with Crippen LogP contribution in [0.25, 0.3) is 0 Å². The Kier molecular flexibility index (Phi) is 2.55. The smallest absolute Gasteiger partial charge is 0.239 e. The van der Waals surface area contributed by atoms with Crippen LogP contribution in [0.15, 0.2) is 24.5 Å². The second-order valence-electron chi connectivity index (χ2n) is 3.04. The molecule has 0 saturated carbocycles. The number of benzene rings is 1. The van der Waals surface area contributed by atoms with Crippen LogP contribution in [0.1, 0.15) is 5.56 Å². The molecule has 4 nitrogen and oxygen atoms in total. The summed E-state index contributed by atoms with van der Waals surface area (Å²) in [4.78, 5) is 3.74. The fraction of sp³-hybridized carbons (Fsp3) is 0.111. The minimum absolute atomic E-state index is 0.164. The molecule has 0 amide bonds. The Morgan fingerprint density at radius 2 is 2.27 bits per heavy atom. The van der Waals surface area contributed by atoms with Crippen molar-refractivity contribution in [3.8, 4) is 0 Å². The van der Waals surface area contributed by atoms with E-state index in [4.69, 9.17) is 17.3 Å². The van der Waals surface area contributed by atoms with Crippen molar-refractivity contribution >= 4 is 17.5 Å². The summed E-state index contributed by atoms with van der Waals surface area (Å²) in [5.74, 6) is -0.161. The molecule has 2 aromatic rings. The van der Waals surface area contributed by atoms with Crippen molar-refractivity contribution < 1.29 is 4.39 Å². The number of nitrogen functional groups attached to an aromatic ring is 1. The van der Waals surface area contributed by atoms with Gasteiger partial charge < -0.3 is 5.73 Å². The molecule has 1 aromatic heterocycles. The van der Waals surface area contributed by atoms with Gasteiger partial charge in [-0.2, -0.15) is 0 Å². The Bertz CT molecular complexity index is 483. The molecule has 6 heteroatoms. The van der Waals surface area contributed by atoms with E-state index in [1.54, 1.807) is 6.07 Å². The average molecular weight is 227 g/mol. The molecule has 0 radical (unpaired) electrons. The SMILES string of the molecule is Nc1ncn(Cc2cc(Cl)ccc2F)n1. The van der Waals surface area contributed by atoms with Crippen LogP contribution < -0.4 is 5.73 Å². The molecule has 78 valence electrons. The van der Waals surface area contributed by atoms with Gasteiger partial charge in [-0.1, -0.05) is 11.6 Å². The molecule has 15 heavy (non-hydrogen) atoms. The fourth-order valence-electron chi connectivity index (χ4n) is 1.22. The van der Waals surface area contributed by atoms with Crippen LogP contribution in [0, 0.1) is 5.82 Å². The first-order valence-corrected chi connectivity index (χ1v) is 4.62. The molecule has 0 saturated heterocycles. The first-order chi connectivity index (χ1) is 7.15. The van der Waals surface area contributed by atoms with Gasteiger partial charge in [-0.15, -0.1) is 5.10 Å². The molecule has 0 bridgehead atoms. The number of aromatic nitrogens is 3. The number of rotatable bonds is 2. The molecule has 0 aliphatic rings. The van der Waals surface area contributed by atoms with Gasteiger partial charge in [0.25, 0.3) is 0 Å². The minimum atomic E-state index is -0.325. The summed E-state index contributed by atoms with van der Waals surface area (Å²) >= 11 is 5.75. The lowest BCUT2D eigenvalue weighted by molar-refractivity contribution is 0.585. The molecule has 2 N–H and O–H groups in total. The summed E-state index contributed by atoms with van der Waals surface area (Å²) in [6.45, 7) is 0.261. The molecule has 1 heterocycles. The van der Waals surface area contributed by atoms with Gasteiger partial charge in [-0.3, -0.25) is 0 Å². The average Bonchev–Trinajstić information content (AvgIpc) is 2.58. The van der Waals surface area contributed by atoms with E-state index in [-0.39, 0.29) is 18.3 Å². The Balaban J connectivity index is 2.27. The number of nitrogens with two attached hydrogens (primary N) is 1. The highest BCUT2D eigenvalue weighted by molar-refractivity contribution is 6.30. The molecule has 1 aromatic carbocycles. The molecule has 2 rings (SSSR count). The normalized spacial score (nSPS) is 10.5. The zero-order valence-corrected chi connectivity index (χ0v) is 8.45. The number of hydrogen-bond donors (Lipinski definition) is 1. The summed E-state index contributed by atoms with van der Waals surface area (Å²) in [7, 11) is 0. The van der Waals surface area contributed by atoms with Gasteiger partial charge in [0, 0.05) is 10.6 Å². The summed E-state index contributed by atoms with van der Waals surface area (Å²) in [6.07, 6.45) is 1.44. The summed E-state index contributed by atoms with van der Waals surface area (Å²) in [6, 6.07) is 4.36. The van der Waals surface area contributed by atoms with Crippen molar-refractivity contribution in [3.05, 3.63) is 40.9 Å². The Labute approximate surface area is 90.5 Å². The largest absolute Gasteiger partial charge is 0.367 e. The summed E-state index contributed by atoms with van der Waals surface area (Å²) < 4.78 is 14.8. The summed E-state index contributed by atoms with van der Waals surface area (Å²) in [5.41, 5.74) is 5.79. The number of halogens is 2. The predicted octanol–water partition coefficient (Wildman–Crippen LogP) is 1.70. The molecule has 0 aliphatic carbocycles. The van der Waals surface area contributed by atoms with Gasteiger partial charge in [0.1, 0.15) is 12.1 Å². The number of nitrogens with zero attached hydrogens (tertiary/aromatic N) is 3. The van der Waals surface area contributed by atoms with E-state index >= 15 is 0 Å². The van der Waals surface area contributed by atoms with Crippen LogP contribution in [-0.2, 0) is 6.54 Å². The second kappa shape index (κ2) is 3.86. The van der Waals surface area contributed by atoms with Crippen LogP contribution in [0.3, 0.4) is 0 Å². The quantitative estimate of drug-likeness (QED) is 0.848. The Morgan fingerprint density at radius 3 is 2.93 bits per heavy atom. The maximum Gasteiger partial charge on any atom is 0.239 e. The predicted molar refractivity (Wildman–Crippen MR) is 54.9 cm³/mol. The van der Waals surface area contributed by atoms with Gasteiger partial charge in [-0.05, 0) is 18.2 Å². The molecule has 0 fully saturated rings. The topological polar surface area (TPSA) is 56.7 Å². The second-order valence-corrected chi connectivity index (χ2v) is 3.47. The van der Waals surface area contributed by atoms with Crippen molar-refractivity contribution in [2.24, 2.45) is 0 Å². The van der Waals surface area contributed by atoms with Gasteiger partial charge >= 0.3 is 0 Å². The van der Waals surface area contributed by atoms with Crippen LogP contribution >= 0.6 is 11.6 Å². The lowest BCUT2D eigenvalue weighted by atomic mass is 10.2. The maximum absolute atomic E-state index is 13.3. The lowest BCUT2D eigenvalue weighted by Gasteiger charge is -2.03. The van der Waals surface area contributed by atoms with Gasteiger partial charge in [0.05, 0.1) is 6.54 Å². The Hall–Kier alpha value is -1.62. The highest BCUT2D eigenvalue weighted by Crippen LogP contribution is 2.15. The third-order valence-electron chi connectivity index (χ3n) is 1.89. The third-order valence-corrected chi connectivity index (χ3v) is 2.13. The monoisotopic (exact) mass is 226 g/mol. The van der Waals surface area contributed by atoms with E-state index in [1.807, 2.05) is 0 Å². The van der Waals surface area contributed by atoms with E-state index in [2.05, 4.69) is 10.1 Å². The van der Waals surface area contributed by atoms with Crippen molar-refractivity contribution in [1.82, 2.24) is 14.8 Å². The zero-order valence-electron chi connectivity index (χ0n) is 7.69. The van der Waals surface area contributed by atoms with E-state index in [0.29, 0.717) is 10.6 Å². The highest BCUT2D eigenvalue weighted by Gasteiger charge is 2.05. The van der Waals surface area contributed by atoms with Crippen molar-refractivity contribution in [2.45, 2.75) is 6.54 Å². The van der Waals surface area contributed by atoms with Crippen LogP contribution in [0.4, 0.5) is 10.3 Å². The fourth-order valence-corrected chi connectivity index (χ4v) is 1.42. The van der Waals surface area contributed by atoms with Crippen molar-refractivity contribution in [2.75, 3.05) is 5.73 Å². The van der Waals surface area contributed by atoms with Crippen LogP contribution in [0.5, 0.6) is 0 Å². The number of hydrogen-bond acceptors (Lipinski definition) is 3. The third kappa shape index (κ3) is 2.24. The van der Waals surface area contributed by atoms with Crippen LogP contribution in [-0.4, -0.2) is 14.8 Å². The first-order valence-electron chi connectivity index (χ1n) is 4.24. The molecule has 0 spiro atoms. The standard InChI is InChI=1S/C9H8ClFN4/c10-7-1-2-8(11)6(3-7)4-15-5-13-9(12)14-15/h1-3,5H,4H2,(H2,12,14). The van der Waals surface area contributed by atoms with Gasteiger partial charge in [0.15, 0.2) is 0 Å². The molecule has 0 unspecified atom stereocenters. The highest BCUT2D eigenvalue weighted by atomic mass is 35.5.